The molecule has 1 atom stereocenters. The largest absolute Gasteiger partial charge is 0.493 e. The predicted molar refractivity (Wildman–Crippen MR) is 84.3 cm³/mol. The van der Waals surface area contributed by atoms with Crippen LogP contribution in [0.3, 0.4) is 0 Å². The van der Waals surface area contributed by atoms with E-state index >= 15 is 0 Å². The molecular formula is C15H22ClNO3S. The zero-order valence-electron chi connectivity index (χ0n) is 12.5. The molecule has 0 saturated carbocycles. The summed E-state index contributed by atoms with van der Waals surface area (Å²) in [4.78, 5) is 0.302. The van der Waals surface area contributed by atoms with E-state index in [-0.39, 0.29) is 5.88 Å². The van der Waals surface area contributed by atoms with Crippen molar-refractivity contribution in [3.8, 4) is 5.75 Å². The summed E-state index contributed by atoms with van der Waals surface area (Å²) in [6.07, 6.45) is 1.81. The number of sulfonamides is 1. The summed E-state index contributed by atoms with van der Waals surface area (Å²) in [6.45, 7) is 5.87. The van der Waals surface area contributed by atoms with Crippen LogP contribution in [0.2, 0.25) is 0 Å². The Labute approximate surface area is 132 Å². The molecule has 0 spiro atoms. The summed E-state index contributed by atoms with van der Waals surface area (Å²) in [5, 5.41) is 0. The van der Waals surface area contributed by atoms with Crippen LogP contribution in [-0.4, -0.2) is 32.4 Å². The molecule has 1 heterocycles. The zero-order chi connectivity index (χ0) is 15.5. The lowest BCUT2D eigenvalue weighted by Crippen LogP contribution is -2.28. The number of ether oxygens (including phenoxy) is 1. The molecule has 1 aromatic rings. The summed E-state index contributed by atoms with van der Waals surface area (Å²) in [5.41, 5.74) is 0.721. The molecule has 1 aliphatic heterocycles. The van der Waals surface area contributed by atoms with Gasteiger partial charge in [-0.25, -0.2) is 8.42 Å². The molecule has 1 fully saturated rings. The molecule has 6 heteroatoms. The minimum absolute atomic E-state index is 0.235. The van der Waals surface area contributed by atoms with E-state index in [9.17, 15) is 8.42 Å². The molecule has 0 bridgehead atoms. The molecule has 1 saturated heterocycles. The monoisotopic (exact) mass is 331 g/mol. The number of hydrogen-bond acceptors (Lipinski definition) is 3. The standard InChI is InChI=1S/C15H22ClNO3S/c1-3-8-20-15-5-4-14(9-13(15)10-16)21(18,19)17-7-6-12(2)11-17/h4-5,9,12H,3,6-8,10-11H2,1-2H3. The van der Waals surface area contributed by atoms with E-state index < -0.39 is 10.0 Å². The van der Waals surface area contributed by atoms with Gasteiger partial charge in [-0.1, -0.05) is 13.8 Å². The number of halogens is 1. The lowest BCUT2D eigenvalue weighted by atomic mass is 10.2. The molecule has 1 aromatic carbocycles. The quantitative estimate of drug-likeness (QED) is 0.752. The minimum atomic E-state index is -3.42. The van der Waals surface area contributed by atoms with Crippen molar-refractivity contribution in [1.29, 1.82) is 0 Å². The van der Waals surface area contributed by atoms with Gasteiger partial charge in [0.2, 0.25) is 10.0 Å². The maximum absolute atomic E-state index is 12.6. The second-order valence-electron chi connectivity index (χ2n) is 5.51. The summed E-state index contributed by atoms with van der Waals surface area (Å²) in [7, 11) is -3.42. The molecule has 0 radical (unpaired) electrons. The third-order valence-electron chi connectivity index (χ3n) is 3.66. The van der Waals surface area contributed by atoms with Crippen LogP contribution in [0, 0.1) is 5.92 Å². The van der Waals surface area contributed by atoms with Crippen LogP contribution < -0.4 is 4.74 Å². The van der Waals surface area contributed by atoms with Gasteiger partial charge in [0.25, 0.3) is 0 Å². The first-order valence-electron chi connectivity index (χ1n) is 7.31. The number of benzene rings is 1. The lowest BCUT2D eigenvalue weighted by Gasteiger charge is -2.17. The summed E-state index contributed by atoms with van der Waals surface area (Å²) >= 11 is 5.93. The van der Waals surface area contributed by atoms with Gasteiger partial charge in [-0.2, -0.15) is 4.31 Å². The Bertz CT molecular complexity index is 589. The van der Waals surface area contributed by atoms with E-state index in [0.717, 1.165) is 18.4 Å². The van der Waals surface area contributed by atoms with Crippen LogP contribution in [0.5, 0.6) is 5.75 Å². The molecule has 1 aliphatic rings. The number of nitrogens with zero attached hydrogens (tertiary/aromatic N) is 1. The van der Waals surface area contributed by atoms with Crippen LogP contribution >= 0.6 is 11.6 Å². The number of hydrogen-bond donors (Lipinski definition) is 0. The van der Waals surface area contributed by atoms with Gasteiger partial charge < -0.3 is 4.74 Å². The Kier molecular flexibility index (Phi) is 5.52. The van der Waals surface area contributed by atoms with Crippen molar-refractivity contribution in [1.82, 2.24) is 4.31 Å². The van der Waals surface area contributed by atoms with E-state index in [0.29, 0.717) is 36.3 Å². The van der Waals surface area contributed by atoms with Crippen LogP contribution in [0.4, 0.5) is 0 Å². The molecule has 2 rings (SSSR count). The first-order valence-corrected chi connectivity index (χ1v) is 9.28. The van der Waals surface area contributed by atoms with Crippen LogP contribution in [0.25, 0.3) is 0 Å². The van der Waals surface area contributed by atoms with Crippen LogP contribution in [-0.2, 0) is 15.9 Å². The van der Waals surface area contributed by atoms with Gasteiger partial charge in [-0.15, -0.1) is 11.6 Å². The fourth-order valence-corrected chi connectivity index (χ4v) is 4.27. The normalized spacial score (nSPS) is 19.9. The van der Waals surface area contributed by atoms with Gasteiger partial charge in [0.15, 0.2) is 0 Å². The van der Waals surface area contributed by atoms with Gasteiger partial charge in [-0.3, -0.25) is 0 Å². The van der Waals surface area contributed by atoms with Crippen molar-refractivity contribution in [3.05, 3.63) is 23.8 Å². The van der Waals surface area contributed by atoms with Crippen molar-refractivity contribution in [3.63, 3.8) is 0 Å². The molecule has 0 N–H and O–H groups in total. The second-order valence-corrected chi connectivity index (χ2v) is 7.71. The van der Waals surface area contributed by atoms with Gasteiger partial charge in [0, 0.05) is 18.7 Å². The van der Waals surface area contributed by atoms with Gasteiger partial charge in [-0.05, 0) is 37.0 Å². The summed E-state index contributed by atoms with van der Waals surface area (Å²) < 4.78 is 32.4. The molecular weight excluding hydrogens is 310 g/mol. The Hall–Kier alpha value is -0.780. The average Bonchev–Trinajstić information content (AvgIpc) is 2.92. The minimum Gasteiger partial charge on any atom is -0.493 e. The number of rotatable bonds is 6. The molecule has 1 unspecified atom stereocenters. The fraction of sp³-hybridized carbons (Fsp3) is 0.600. The highest BCUT2D eigenvalue weighted by molar-refractivity contribution is 7.89. The molecule has 0 aromatic heterocycles. The molecule has 0 aliphatic carbocycles. The fourth-order valence-electron chi connectivity index (χ4n) is 2.44. The van der Waals surface area contributed by atoms with Crippen molar-refractivity contribution < 1.29 is 13.2 Å². The van der Waals surface area contributed by atoms with Crippen LogP contribution in [0.1, 0.15) is 32.3 Å². The van der Waals surface area contributed by atoms with E-state index in [2.05, 4.69) is 6.92 Å². The summed E-state index contributed by atoms with van der Waals surface area (Å²) in [6, 6.07) is 4.95. The average molecular weight is 332 g/mol. The highest BCUT2D eigenvalue weighted by Gasteiger charge is 2.30. The van der Waals surface area contributed by atoms with Gasteiger partial charge >= 0.3 is 0 Å². The highest BCUT2D eigenvalue weighted by atomic mass is 35.5. The Balaban J connectivity index is 2.27. The molecule has 118 valence electrons. The number of alkyl halides is 1. The van der Waals surface area contributed by atoms with E-state index in [1.54, 1.807) is 22.5 Å². The molecule has 4 nitrogen and oxygen atoms in total. The SMILES string of the molecule is CCCOc1ccc(S(=O)(=O)N2CCC(C)C2)cc1CCl. The lowest BCUT2D eigenvalue weighted by molar-refractivity contribution is 0.315. The third kappa shape index (κ3) is 3.71. The van der Waals surface area contributed by atoms with E-state index in [1.807, 2.05) is 6.92 Å². The maximum Gasteiger partial charge on any atom is 0.243 e. The van der Waals surface area contributed by atoms with E-state index in [4.69, 9.17) is 16.3 Å². The first-order chi connectivity index (χ1) is 9.98. The van der Waals surface area contributed by atoms with Crippen molar-refractivity contribution >= 4 is 21.6 Å². The topological polar surface area (TPSA) is 46.6 Å². The van der Waals surface area contributed by atoms with Crippen molar-refractivity contribution in [2.45, 2.75) is 37.5 Å². The smallest absolute Gasteiger partial charge is 0.243 e. The van der Waals surface area contributed by atoms with E-state index in [1.165, 1.54) is 0 Å². The molecule has 0 amide bonds. The Morgan fingerprint density at radius 2 is 2.19 bits per heavy atom. The third-order valence-corrected chi connectivity index (χ3v) is 5.81. The Morgan fingerprint density at radius 1 is 1.43 bits per heavy atom. The predicted octanol–water partition coefficient (Wildman–Crippen LogP) is 3.24. The Morgan fingerprint density at radius 3 is 2.76 bits per heavy atom. The van der Waals surface area contributed by atoms with Crippen molar-refractivity contribution in [2.24, 2.45) is 5.92 Å². The van der Waals surface area contributed by atoms with Gasteiger partial charge in [0.1, 0.15) is 5.75 Å². The second kappa shape index (κ2) is 6.99. The van der Waals surface area contributed by atoms with Crippen molar-refractivity contribution in [2.75, 3.05) is 19.7 Å². The summed E-state index contributed by atoms with van der Waals surface area (Å²) in [5.74, 6) is 1.32. The highest BCUT2D eigenvalue weighted by Crippen LogP contribution is 2.28. The van der Waals surface area contributed by atoms with Gasteiger partial charge in [0.05, 0.1) is 17.4 Å². The maximum atomic E-state index is 12.6. The molecule has 21 heavy (non-hydrogen) atoms. The first kappa shape index (κ1) is 16.6. The van der Waals surface area contributed by atoms with Crippen LogP contribution in [0.15, 0.2) is 23.1 Å². The zero-order valence-corrected chi connectivity index (χ0v) is 14.1.